The van der Waals surface area contributed by atoms with E-state index in [0.29, 0.717) is 37.5 Å². The summed E-state index contributed by atoms with van der Waals surface area (Å²) in [5.74, 6) is 1.58. The smallest absolute Gasteiger partial charge is 0.410 e. The fraction of sp³-hybridized carbons (Fsp3) is 0.917. The summed E-state index contributed by atoms with van der Waals surface area (Å²) < 4.78 is 31.7. The van der Waals surface area contributed by atoms with E-state index in [1.807, 2.05) is 23.6 Å². The number of ether oxygens (including phenoxy) is 1. The molecule has 7 atom stereocenters. The van der Waals surface area contributed by atoms with Crippen molar-refractivity contribution in [3.8, 4) is 0 Å². The zero-order chi connectivity index (χ0) is 23.9. The van der Waals surface area contributed by atoms with Crippen LogP contribution in [0.25, 0.3) is 0 Å². The number of amides is 2. The highest BCUT2D eigenvalue weighted by Gasteiger charge is 2.49. The molecule has 0 radical (unpaired) electrons. The predicted molar refractivity (Wildman–Crippen MR) is 126 cm³/mol. The molecule has 33 heavy (non-hydrogen) atoms. The highest BCUT2D eigenvalue weighted by molar-refractivity contribution is 7.88. The van der Waals surface area contributed by atoms with Crippen LogP contribution < -0.4 is 0 Å². The van der Waals surface area contributed by atoms with E-state index < -0.39 is 10.0 Å². The van der Waals surface area contributed by atoms with Gasteiger partial charge < -0.3 is 14.5 Å². The average Bonchev–Trinajstić information content (AvgIpc) is 2.76. The van der Waals surface area contributed by atoms with E-state index >= 15 is 0 Å². The number of nitrogens with zero attached hydrogens (tertiary/aromatic N) is 3. The highest BCUT2D eigenvalue weighted by Crippen LogP contribution is 2.47. The van der Waals surface area contributed by atoms with Crippen molar-refractivity contribution in [2.24, 2.45) is 17.8 Å². The molecule has 0 aromatic heterocycles. The third-order valence-corrected chi connectivity index (χ3v) is 10.1. The lowest BCUT2D eigenvalue weighted by Gasteiger charge is -2.55. The van der Waals surface area contributed by atoms with Crippen molar-refractivity contribution in [2.45, 2.75) is 96.3 Å². The zero-order valence-corrected chi connectivity index (χ0v) is 21.4. The topological polar surface area (TPSA) is 87.2 Å². The van der Waals surface area contributed by atoms with Crippen molar-refractivity contribution in [3.63, 3.8) is 0 Å². The summed E-state index contributed by atoms with van der Waals surface area (Å²) in [5, 5.41) is 0. The number of sulfonamides is 1. The molecule has 4 rings (SSSR count). The van der Waals surface area contributed by atoms with Gasteiger partial charge in [-0.15, -0.1) is 0 Å². The second-order valence-electron chi connectivity index (χ2n) is 10.8. The van der Waals surface area contributed by atoms with Gasteiger partial charge in [0.25, 0.3) is 0 Å². The Bertz CT molecular complexity index is 849. The molecule has 8 nitrogen and oxygen atoms in total. The minimum Gasteiger partial charge on any atom is -0.450 e. The Balaban J connectivity index is 1.49. The first-order valence-corrected chi connectivity index (χ1v) is 14.7. The maximum absolute atomic E-state index is 12.8. The molecule has 6 unspecified atom stereocenters. The Morgan fingerprint density at radius 3 is 2.24 bits per heavy atom. The first kappa shape index (κ1) is 24.8. The van der Waals surface area contributed by atoms with Crippen LogP contribution in [0.5, 0.6) is 0 Å². The molecule has 2 aliphatic heterocycles. The quantitative estimate of drug-likeness (QED) is 0.616. The van der Waals surface area contributed by atoms with Crippen molar-refractivity contribution >= 4 is 22.0 Å². The third kappa shape index (κ3) is 4.90. The lowest BCUT2D eigenvalue weighted by Crippen LogP contribution is -2.67. The van der Waals surface area contributed by atoms with Gasteiger partial charge in [0.15, 0.2) is 0 Å². The van der Waals surface area contributed by atoms with E-state index in [1.165, 1.54) is 6.26 Å². The largest absolute Gasteiger partial charge is 0.450 e. The molecule has 4 aliphatic rings. The van der Waals surface area contributed by atoms with Crippen LogP contribution in [-0.2, 0) is 19.6 Å². The minimum atomic E-state index is -3.16. The summed E-state index contributed by atoms with van der Waals surface area (Å²) in [7, 11) is -3.16. The molecule has 2 aliphatic carbocycles. The summed E-state index contributed by atoms with van der Waals surface area (Å²) in [6.07, 6.45) is 9.06. The molecule has 2 heterocycles. The molecule has 0 spiro atoms. The van der Waals surface area contributed by atoms with Crippen LogP contribution in [0, 0.1) is 17.8 Å². The van der Waals surface area contributed by atoms with Gasteiger partial charge in [-0.25, -0.2) is 13.2 Å². The Labute approximate surface area is 199 Å². The molecular weight excluding hydrogens is 442 g/mol. The lowest BCUT2D eigenvalue weighted by molar-refractivity contribution is -0.142. The highest BCUT2D eigenvalue weighted by atomic mass is 32.2. The fourth-order valence-corrected chi connectivity index (χ4v) is 8.76. The molecule has 9 heteroatoms. The van der Waals surface area contributed by atoms with Crippen molar-refractivity contribution in [1.82, 2.24) is 14.1 Å². The van der Waals surface area contributed by atoms with Crippen molar-refractivity contribution in [3.05, 3.63) is 0 Å². The standard InChI is InChI=1S/C24H41N3O5S/c1-5-32-24(29)25-15-16(2)27(17(3)28)22-11-9-19(14-23(22)25)18-8-10-21-20(13-18)7-6-12-26(21)33(4,30)31/h16,18-23H,5-15H2,1-4H3/t16-,18?,19?,20?,21?,22?,23?/m0/s1. The van der Waals surface area contributed by atoms with Gasteiger partial charge in [-0.1, -0.05) is 0 Å². The fourth-order valence-electron chi connectivity index (χ4n) is 7.53. The van der Waals surface area contributed by atoms with E-state index in [1.54, 1.807) is 11.2 Å². The number of fused-ring (bicyclic) bond motifs is 2. The second kappa shape index (κ2) is 9.72. The first-order chi connectivity index (χ1) is 15.6. The normalized spacial score (nSPS) is 37.8. The van der Waals surface area contributed by atoms with Crippen molar-refractivity contribution in [2.75, 3.05) is 26.0 Å². The SMILES string of the molecule is CCOC(=O)N1C[C@H](C)N(C(C)=O)C2CCC(C3CCC4C(CCCN4S(C)(=O)=O)C3)CC21. The molecule has 188 valence electrons. The van der Waals surface area contributed by atoms with Crippen LogP contribution in [0.3, 0.4) is 0 Å². The zero-order valence-electron chi connectivity index (χ0n) is 20.6. The number of rotatable bonds is 3. The van der Waals surface area contributed by atoms with Gasteiger partial charge in [-0.3, -0.25) is 4.79 Å². The Morgan fingerprint density at radius 1 is 0.939 bits per heavy atom. The van der Waals surface area contributed by atoms with E-state index in [4.69, 9.17) is 4.74 Å². The van der Waals surface area contributed by atoms with Gasteiger partial charge >= 0.3 is 6.09 Å². The van der Waals surface area contributed by atoms with Crippen LogP contribution in [0.4, 0.5) is 4.79 Å². The summed E-state index contributed by atoms with van der Waals surface area (Å²) >= 11 is 0. The number of carbonyl (C=O) groups excluding carboxylic acids is 2. The Hall–Kier alpha value is -1.35. The van der Waals surface area contributed by atoms with Gasteiger partial charge in [0.2, 0.25) is 15.9 Å². The lowest BCUT2D eigenvalue weighted by atomic mass is 9.65. The number of piperazine rings is 1. The first-order valence-electron chi connectivity index (χ1n) is 12.8. The van der Waals surface area contributed by atoms with Gasteiger partial charge in [-0.05, 0) is 83.0 Å². The number of carbonyl (C=O) groups is 2. The van der Waals surface area contributed by atoms with Crippen molar-refractivity contribution in [1.29, 1.82) is 0 Å². The number of hydrogen-bond donors (Lipinski definition) is 0. The molecule has 0 aromatic rings. The summed E-state index contributed by atoms with van der Waals surface area (Å²) in [5.41, 5.74) is 0. The summed E-state index contributed by atoms with van der Waals surface area (Å²) in [6.45, 7) is 7.02. The van der Waals surface area contributed by atoms with E-state index in [0.717, 1.165) is 51.4 Å². The molecule has 4 fully saturated rings. The molecule has 2 amide bonds. The molecular formula is C24H41N3O5S. The molecule has 2 saturated carbocycles. The van der Waals surface area contributed by atoms with Crippen LogP contribution >= 0.6 is 0 Å². The minimum absolute atomic E-state index is 0.000465. The van der Waals surface area contributed by atoms with Crippen molar-refractivity contribution < 1.29 is 22.7 Å². The number of piperidine rings is 1. The van der Waals surface area contributed by atoms with Gasteiger partial charge in [0.05, 0.1) is 24.9 Å². The van der Waals surface area contributed by atoms with E-state index in [9.17, 15) is 18.0 Å². The molecule has 0 N–H and O–H groups in total. The van der Waals surface area contributed by atoms with Crippen LogP contribution in [0.1, 0.15) is 72.1 Å². The number of hydrogen-bond acceptors (Lipinski definition) is 5. The van der Waals surface area contributed by atoms with Crippen LogP contribution in [0.2, 0.25) is 0 Å². The van der Waals surface area contributed by atoms with E-state index in [2.05, 4.69) is 0 Å². The van der Waals surface area contributed by atoms with Gasteiger partial charge in [0, 0.05) is 32.1 Å². The molecule has 2 saturated heterocycles. The van der Waals surface area contributed by atoms with Crippen LogP contribution in [-0.4, -0.2) is 84.6 Å². The Morgan fingerprint density at radius 2 is 1.61 bits per heavy atom. The summed E-state index contributed by atoms with van der Waals surface area (Å²) in [6, 6.07) is 0.198. The van der Waals surface area contributed by atoms with Crippen LogP contribution in [0.15, 0.2) is 0 Å². The maximum Gasteiger partial charge on any atom is 0.410 e. The average molecular weight is 484 g/mol. The van der Waals surface area contributed by atoms with Gasteiger partial charge in [0.1, 0.15) is 0 Å². The maximum atomic E-state index is 12.8. The summed E-state index contributed by atoms with van der Waals surface area (Å²) in [4.78, 5) is 29.2. The third-order valence-electron chi connectivity index (χ3n) is 8.78. The van der Waals surface area contributed by atoms with Gasteiger partial charge in [-0.2, -0.15) is 4.31 Å². The second-order valence-corrected chi connectivity index (χ2v) is 12.7. The molecule has 0 aromatic carbocycles. The monoisotopic (exact) mass is 483 g/mol. The molecule has 0 bridgehead atoms. The predicted octanol–water partition coefficient (Wildman–Crippen LogP) is 3.07. The Kier molecular flexibility index (Phi) is 7.29. The van der Waals surface area contributed by atoms with E-state index in [-0.39, 0.29) is 36.2 Å².